The van der Waals surface area contributed by atoms with Crippen LogP contribution in [0.2, 0.25) is 0 Å². The highest BCUT2D eigenvalue weighted by molar-refractivity contribution is 7.15. The number of amides is 1. The predicted octanol–water partition coefficient (Wildman–Crippen LogP) is 5.20. The molecule has 5 heteroatoms. The molecular formula is C22H19NO3S. The maximum Gasteiger partial charge on any atom is 0.346 e. The second-order valence-corrected chi connectivity index (χ2v) is 7.99. The molecule has 4 nitrogen and oxygen atoms in total. The summed E-state index contributed by atoms with van der Waals surface area (Å²) < 4.78 is 0. The van der Waals surface area contributed by atoms with E-state index in [9.17, 15) is 14.7 Å². The zero-order valence-electron chi connectivity index (χ0n) is 15.1. The molecule has 1 aliphatic heterocycles. The van der Waals surface area contributed by atoms with E-state index in [4.69, 9.17) is 0 Å². The Kier molecular flexibility index (Phi) is 4.32. The molecule has 1 atom stereocenters. The van der Waals surface area contributed by atoms with Crippen molar-refractivity contribution < 1.29 is 14.7 Å². The van der Waals surface area contributed by atoms with Crippen molar-refractivity contribution in [2.45, 2.75) is 26.2 Å². The minimum absolute atomic E-state index is 0.0860. The third-order valence-corrected chi connectivity index (χ3v) is 6.18. The number of hydrogen-bond acceptors (Lipinski definition) is 3. The van der Waals surface area contributed by atoms with E-state index >= 15 is 0 Å². The summed E-state index contributed by atoms with van der Waals surface area (Å²) in [5, 5.41) is 12.7. The van der Waals surface area contributed by atoms with Gasteiger partial charge in [0.1, 0.15) is 4.88 Å². The van der Waals surface area contributed by atoms with Gasteiger partial charge in [0, 0.05) is 22.8 Å². The molecule has 3 aromatic rings. The smallest absolute Gasteiger partial charge is 0.346 e. The Hall–Kier alpha value is -2.92. The molecule has 0 aliphatic carbocycles. The van der Waals surface area contributed by atoms with Crippen molar-refractivity contribution in [3.05, 3.63) is 75.0 Å². The van der Waals surface area contributed by atoms with Gasteiger partial charge in [-0.3, -0.25) is 4.79 Å². The lowest BCUT2D eigenvalue weighted by Crippen LogP contribution is -2.22. The van der Waals surface area contributed by atoms with Gasteiger partial charge >= 0.3 is 5.97 Å². The molecule has 136 valence electrons. The van der Waals surface area contributed by atoms with Gasteiger partial charge in [-0.25, -0.2) is 4.79 Å². The van der Waals surface area contributed by atoms with E-state index in [2.05, 4.69) is 11.4 Å². The zero-order valence-corrected chi connectivity index (χ0v) is 15.9. The van der Waals surface area contributed by atoms with Gasteiger partial charge in [-0.1, -0.05) is 59.7 Å². The van der Waals surface area contributed by atoms with E-state index < -0.39 is 5.97 Å². The fraction of sp³-hybridized carbons (Fsp3) is 0.182. The summed E-state index contributed by atoms with van der Waals surface area (Å²) in [7, 11) is 0. The van der Waals surface area contributed by atoms with Crippen LogP contribution in [-0.4, -0.2) is 17.0 Å². The molecule has 0 spiro atoms. The molecule has 1 aromatic heterocycles. The average Bonchev–Trinajstić information content (AvgIpc) is 3.01. The normalized spacial score (nSPS) is 15.9. The topological polar surface area (TPSA) is 66.4 Å². The Morgan fingerprint density at radius 1 is 1.11 bits per heavy atom. The summed E-state index contributed by atoms with van der Waals surface area (Å²) in [5.74, 6) is -1.18. The molecule has 2 aromatic carbocycles. The van der Waals surface area contributed by atoms with Crippen LogP contribution in [0.1, 0.15) is 43.6 Å². The van der Waals surface area contributed by atoms with E-state index in [-0.39, 0.29) is 16.7 Å². The number of carboxylic acids is 1. The van der Waals surface area contributed by atoms with Gasteiger partial charge in [0.2, 0.25) is 5.91 Å². The summed E-state index contributed by atoms with van der Waals surface area (Å²) in [6, 6.07) is 15.8. The largest absolute Gasteiger partial charge is 0.477 e. The molecule has 1 amide bonds. The molecule has 0 saturated carbocycles. The van der Waals surface area contributed by atoms with Crippen LogP contribution in [0.5, 0.6) is 0 Å². The van der Waals surface area contributed by atoms with Crippen LogP contribution in [0.3, 0.4) is 0 Å². The average molecular weight is 377 g/mol. The van der Waals surface area contributed by atoms with Crippen molar-refractivity contribution >= 4 is 28.9 Å². The highest BCUT2D eigenvalue weighted by Gasteiger charge is 2.34. The molecule has 27 heavy (non-hydrogen) atoms. The first-order chi connectivity index (χ1) is 12.9. The van der Waals surface area contributed by atoms with E-state index in [1.807, 2.05) is 56.3 Å². The van der Waals surface area contributed by atoms with Gasteiger partial charge in [0.05, 0.1) is 5.69 Å². The predicted molar refractivity (Wildman–Crippen MR) is 108 cm³/mol. The van der Waals surface area contributed by atoms with Gasteiger partial charge in [0.25, 0.3) is 0 Å². The first-order valence-corrected chi connectivity index (χ1v) is 9.59. The summed E-state index contributed by atoms with van der Waals surface area (Å²) >= 11 is 1.27. The van der Waals surface area contributed by atoms with Gasteiger partial charge in [-0.2, -0.15) is 0 Å². The minimum atomic E-state index is -0.970. The number of carbonyl (C=O) groups excluding carboxylic acids is 1. The van der Waals surface area contributed by atoms with Crippen LogP contribution in [0.15, 0.2) is 48.5 Å². The molecule has 0 fully saturated rings. The Morgan fingerprint density at radius 2 is 1.85 bits per heavy atom. The third-order valence-electron chi connectivity index (χ3n) is 4.88. The van der Waals surface area contributed by atoms with Crippen LogP contribution < -0.4 is 5.32 Å². The Morgan fingerprint density at radius 3 is 2.52 bits per heavy atom. The highest BCUT2D eigenvalue weighted by Crippen LogP contribution is 2.49. The molecule has 0 radical (unpaired) electrons. The number of fused-ring (bicyclic) bond motifs is 1. The van der Waals surface area contributed by atoms with E-state index in [1.165, 1.54) is 11.3 Å². The number of hydrogen-bond donors (Lipinski definition) is 2. The van der Waals surface area contributed by atoms with Crippen LogP contribution in [0.4, 0.5) is 5.69 Å². The minimum Gasteiger partial charge on any atom is -0.477 e. The van der Waals surface area contributed by atoms with E-state index in [1.54, 1.807) is 0 Å². The molecule has 0 saturated heterocycles. The standard InChI is InChI=1S/C22H19NO3S/c1-12-6-8-14(9-7-12)18-19-20(27-21(18)22(25)26)16(11-17(24)23-19)15-5-3-4-13(2)10-15/h3-10,16H,11H2,1-2H3,(H,23,24)(H,25,26). The van der Waals surface area contributed by atoms with E-state index in [0.29, 0.717) is 17.7 Å². The zero-order chi connectivity index (χ0) is 19.1. The lowest BCUT2D eigenvalue weighted by molar-refractivity contribution is -0.116. The van der Waals surface area contributed by atoms with Crippen molar-refractivity contribution in [1.82, 2.24) is 0 Å². The lowest BCUT2D eigenvalue weighted by atomic mass is 9.88. The molecular weight excluding hydrogens is 358 g/mol. The summed E-state index contributed by atoms with van der Waals surface area (Å²) in [4.78, 5) is 25.6. The quantitative estimate of drug-likeness (QED) is 0.659. The fourth-order valence-corrected chi connectivity index (χ4v) is 4.84. The third kappa shape index (κ3) is 3.15. The first-order valence-electron chi connectivity index (χ1n) is 8.77. The second-order valence-electron chi connectivity index (χ2n) is 6.94. The lowest BCUT2D eigenvalue weighted by Gasteiger charge is -2.24. The number of carboxylic acid groups (broad SMARTS) is 1. The number of benzene rings is 2. The highest BCUT2D eigenvalue weighted by atomic mass is 32.1. The number of thiophene rings is 1. The fourth-order valence-electron chi connectivity index (χ4n) is 3.59. The van der Waals surface area contributed by atoms with Gasteiger partial charge < -0.3 is 10.4 Å². The molecule has 0 bridgehead atoms. The molecule has 2 N–H and O–H groups in total. The van der Waals surface area contributed by atoms with Crippen molar-refractivity contribution in [2.24, 2.45) is 0 Å². The SMILES string of the molecule is Cc1ccc(-c2c(C(=O)O)sc3c2NC(=O)CC3c2cccc(C)c2)cc1. The van der Waals surface area contributed by atoms with Crippen LogP contribution in [-0.2, 0) is 4.79 Å². The number of aryl methyl sites for hydroxylation is 2. The maximum atomic E-state index is 12.5. The van der Waals surface area contributed by atoms with Crippen molar-refractivity contribution in [1.29, 1.82) is 0 Å². The number of anilines is 1. The molecule has 4 rings (SSSR count). The Labute approximate surface area is 161 Å². The molecule has 1 aliphatic rings. The van der Waals surface area contributed by atoms with Crippen molar-refractivity contribution in [2.75, 3.05) is 5.32 Å². The van der Waals surface area contributed by atoms with Crippen LogP contribution in [0, 0.1) is 13.8 Å². The monoisotopic (exact) mass is 377 g/mol. The number of nitrogens with one attached hydrogen (secondary N) is 1. The Bertz CT molecular complexity index is 1050. The Balaban J connectivity index is 1.94. The van der Waals surface area contributed by atoms with Gasteiger partial charge in [0.15, 0.2) is 0 Å². The van der Waals surface area contributed by atoms with Gasteiger partial charge in [-0.15, -0.1) is 11.3 Å². The second kappa shape index (κ2) is 6.67. The molecule has 2 heterocycles. The van der Waals surface area contributed by atoms with Crippen LogP contribution >= 0.6 is 11.3 Å². The summed E-state index contributed by atoms with van der Waals surface area (Å²) in [5.41, 5.74) is 5.31. The number of aromatic carboxylic acids is 1. The summed E-state index contributed by atoms with van der Waals surface area (Å²) in [6.45, 7) is 4.00. The van der Waals surface area contributed by atoms with E-state index in [0.717, 1.165) is 27.1 Å². The maximum absolute atomic E-state index is 12.5. The number of rotatable bonds is 3. The van der Waals surface area contributed by atoms with Crippen LogP contribution in [0.25, 0.3) is 11.1 Å². The number of carbonyl (C=O) groups is 2. The first kappa shape index (κ1) is 17.5. The van der Waals surface area contributed by atoms with Crippen molar-refractivity contribution in [3.63, 3.8) is 0 Å². The van der Waals surface area contributed by atoms with Gasteiger partial charge in [-0.05, 0) is 25.0 Å². The molecule has 1 unspecified atom stereocenters. The van der Waals surface area contributed by atoms with Crippen molar-refractivity contribution in [3.8, 4) is 11.1 Å². The summed E-state index contributed by atoms with van der Waals surface area (Å²) in [6.07, 6.45) is 0.323.